The molecule has 0 saturated carbocycles. The molecule has 2 heterocycles. The van der Waals surface area contributed by atoms with Crippen molar-refractivity contribution >= 4 is 35.2 Å². The van der Waals surface area contributed by atoms with E-state index < -0.39 is 17.9 Å². The SMILES string of the molecule is CC1=C(C(N=C2CC(CC(=O)Nc3ccc(C)cc3C)C(=O)N2)c2ccc(C(C)C)cc2)C(=O)NC(=O)C1. The van der Waals surface area contributed by atoms with E-state index >= 15 is 0 Å². The Bertz CT molecular complexity index is 1350. The summed E-state index contributed by atoms with van der Waals surface area (Å²) in [6.45, 7) is 9.87. The first-order valence-corrected chi connectivity index (χ1v) is 12.9. The summed E-state index contributed by atoms with van der Waals surface area (Å²) in [4.78, 5) is 55.1. The smallest absolute Gasteiger partial charge is 0.256 e. The normalized spacial score (nSPS) is 19.6. The molecular weight excluding hydrogens is 480 g/mol. The lowest BCUT2D eigenvalue weighted by atomic mass is 9.89. The van der Waals surface area contributed by atoms with Crippen molar-refractivity contribution in [3.05, 3.63) is 75.9 Å². The molecule has 2 aromatic carbocycles. The monoisotopic (exact) mass is 514 g/mol. The molecule has 2 aromatic rings. The van der Waals surface area contributed by atoms with Crippen molar-refractivity contribution in [2.75, 3.05) is 5.32 Å². The molecule has 4 rings (SSSR count). The number of carbonyl (C=O) groups excluding carboxylic acids is 4. The van der Waals surface area contributed by atoms with Crippen LogP contribution in [0.2, 0.25) is 0 Å². The molecule has 0 aliphatic carbocycles. The third-order valence-electron chi connectivity index (χ3n) is 7.03. The largest absolute Gasteiger partial charge is 0.326 e. The van der Waals surface area contributed by atoms with Gasteiger partial charge in [-0.2, -0.15) is 0 Å². The van der Waals surface area contributed by atoms with Crippen molar-refractivity contribution < 1.29 is 19.2 Å². The Balaban J connectivity index is 1.57. The Morgan fingerprint density at radius 3 is 2.32 bits per heavy atom. The van der Waals surface area contributed by atoms with Gasteiger partial charge in [0, 0.05) is 30.5 Å². The lowest BCUT2D eigenvalue weighted by Gasteiger charge is -2.23. The highest BCUT2D eigenvalue weighted by Gasteiger charge is 2.35. The molecule has 0 radical (unpaired) electrons. The lowest BCUT2D eigenvalue weighted by Crippen LogP contribution is -2.38. The van der Waals surface area contributed by atoms with Crippen molar-refractivity contribution in [3.8, 4) is 0 Å². The van der Waals surface area contributed by atoms with Crippen molar-refractivity contribution in [1.82, 2.24) is 10.6 Å². The fourth-order valence-corrected chi connectivity index (χ4v) is 4.90. The van der Waals surface area contributed by atoms with Crippen molar-refractivity contribution in [2.45, 2.75) is 65.8 Å². The van der Waals surface area contributed by atoms with Crippen molar-refractivity contribution in [1.29, 1.82) is 0 Å². The highest BCUT2D eigenvalue weighted by atomic mass is 16.2. The molecule has 8 heteroatoms. The van der Waals surface area contributed by atoms with Gasteiger partial charge in [0.05, 0.1) is 5.92 Å². The van der Waals surface area contributed by atoms with Crippen LogP contribution >= 0.6 is 0 Å². The Kier molecular flexibility index (Phi) is 7.90. The van der Waals surface area contributed by atoms with Crippen LogP contribution < -0.4 is 16.0 Å². The molecule has 4 amide bonds. The number of benzene rings is 2. The zero-order chi connectivity index (χ0) is 27.6. The van der Waals surface area contributed by atoms with E-state index in [2.05, 4.69) is 29.8 Å². The summed E-state index contributed by atoms with van der Waals surface area (Å²) < 4.78 is 0. The number of carbonyl (C=O) groups is 4. The minimum Gasteiger partial charge on any atom is -0.326 e. The third kappa shape index (κ3) is 6.07. The minimum absolute atomic E-state index is 0.0165. The molecule has 0 bridgehead atoms. The number of amides is 4. The minimum atomic E-state index is -0.692. The number of nitrogens with zero attached hydrogens (tertiary/aromatic N) is 1. The van der Waals surface area contributed by atoms with Gasteiger partial charge < -0.3 is 10.6 Å². The van der Waals surface area contributed by atoms with Gasteiger partial charge in [-0.1, -0.05) is 61.4 Å². The van der Waals surface area contributed by atoms with Crippen LogP contribution in [0.1, 0.15) is 74.2 Å². The third-order valence-corrected chi connectivity index (χ3v) is 7.03. The predicted molar refractivity (Wildman–Crippen MR) is 147 cm³/mol. The lowest BCUT2D eigenvalue weighted by molar-refractivity contribution is -0.129. The molecule has 2 unspecified atom stereocenters. The maximum absolute atomic E-state index is 12.9. The Morgan fingerprint density at radius 1 is 1.00 bits per heavy atom. The number of aliphatic imine (C=N–C) groups is 1. The number of aryl methyl sites for hydroxylation is 2. The summed E-state index contributed by atoms with van der Waals surface area (Å²) in [5.41, 5.74) is 5.76. The van der Waals surface area contributed by atoms with Crippen LogP contribution in [-0.2, 0) is 19.2 Å². The van der Waals surface area contributed by atoms with Gasteiger partial charge in [-0.05, 0) is 49.4 Å². The molecule has 0 aromatic heterocycles. The molecule has 198 valence electrons. The van der Waals surface area contributed by atoms with Gasteiger partial charge in [0.25, 0.3) is 5.91 Å². The predicted octanol–water partition coefficient (Wildman–Crippen LogP) is 4.39. The van der Waals surface area contributed by atoms with Crippen LogP contribution in [0.5, 0.6) is 0 Å². The number of amidine groups is 1. The Hall–Kier alpha value is -4.07. The fourth-order valence-electron chi connectivity index (χ4n) is 4.90. The summed E-state index contributed by atoms with van der Waals surface area (Å²) in [6.07, 6.45) is 0.384. The number of anilines is 1. The molecule has 2 aliphatic heterocycles. The van der Waals surface area contributed by atoms with E-state index in [9.17, 15) is 19.2 Å². The van der Waals surface area contributed by atoms with Crippen LogP contribution in [0, 0.1) is 19.8 Å². The highest BCUT2D eigenvalue weighted by Crippen LogP contribution is 2.33. The van der Waals surface area contributed by atoms with Gasteiger partial charge in [-0.25, -0.2) is 0 Å². The van der Waals surface area contributed by atoms with Gasteiger partial charge in [-0.15, -0.1) is 0 Å². The molecule has 2 aliphatic rings. The molecule has 3 N–H and O–H groups in total. The summed E-state index contributed by atoms with van der Waals surface area (Å²) in [5, 5.41) is 8.10. The fraction of sp³-hybridized carbons (Fsp3) is 0.367. The summed E-state index contributed by atoms with van der Waals surface area (Å²) in [5.74, 6) is -1.15. The van der Waals surface area contributed by atoms with E-state index in [1.54, 1.807) is 6.92 Å². The van der Waals surface area contributed by atoms with E-state index in [-0.39, 0.29) is 37.0 Å². The topological polar surface area (TPSA) is 117 Å². The van der Waals surface area contributed by atoms with Gasteiger partial charge in [0.1, 0.15) is 11.9 Å². The zero-order valence-electron chi connectivity index (χ0n) is 22.5. The second kappa shape index (κ2) is 11.1. The van der Waals surface area contributed by atoms with Crippen molar-refractivity contribution in [3.63, 3.8) is 0 Å². The number of nitrogens with one attached hydrogen (secondary N) is 3. The maximum atomic E-state index is 12.9. The summed E-state index contributed by atoms with van der Waals surface area (Å²) in [6, 6.07) is 12.9. The maximum Gasteiger partial charge on any atom is 0.256 e. The van der Waals surface area contributed by atoms with Crippen LogP contribution in [0.15, 0.2) is 58.6 Å². The van der Waals surface area contributed by atoms with E-state index in [0.717, 1.165) is 27.9 Å². The molecule has 1 saturated heterocycles. The van der Waals surface area contributed by atoms with E-state index in [0.29, 0.717) is 22.9 Å². The molecule has 8 nitrogen and oxygen atoms in total. The first kappa shape index (κ1) is 27.0. The number of hydrogen-bond acceptors (Lipinski definition) is 5. The summed E-state index contributed by atoms with van der Waals surface area (Å²) >= 11 is 0. The quantitative estimate of drug-likeness (QED) is 0.475. The molecule has 38 heavy (non-hydrogen) atoms. The van der Waals surface area contributed by atoms with Crippen LogP contribution in [-0.4, -0.2) is 29.5 Å². The second-order valence-electron chi connectivity index (χ2n) is 10.5. The average molecular weight is 515 g/mol. The first-order chi connectivity index (χ1) is 18.0. The number of hydrogen-bond donors (Lipinski definition) is 3. The van der Waals surface area contributed by atoms with Crippen molar-refractivity contribution in [2.24, 2.45) is 10.9 Å². The molecule has 1 fully saturated rings. The molecule has 2 atom stereocenters. The molecular formula is C30H34N4O4. The summed E-state index contributed by atoms with van der Waals surface area (Å²) in [7, 11) is 0. The van der Waals surface area contributed by atoms with Gasteiger partial charge >= 0.3 is 0 Å². The number of imide groups is 1. The zero-order valence-corrected chi connectivity index (χ0v) is 22.5. The second-order valence-corrected chi connectivity index (χ2v) is 10.5. The first-order valence-electron chi connectivity index (χ1n) is 12.9. The average Bonchev–Trinajstić information content (AvgIpc) is 3.18. The van der Waals surface area contributed by atoms with Gasteiger partial charge in [-0.3, -0.25) is 29.5 Å². The van der Waals surface area contributed by atoms with E-state index in [1.807, 2.05) is 56.3 Å². The van der Waals surface area contributed by atoms with Crippen LogP contribution in [0.25, 0.3) is 0 Å². The molecule has 0 spiro atoms. The highest BCUT2D eigenvalue weighted by molar-refractivity contribution is 6.11. The van der Waals surface area contributed by atoms with Gasteiger partial charge in [0.2, 0.25) is 17.7 Å². The Labute approximate surface area is 223 Å². The van der Waals surface area contributed by atoms with E-state index in [1.165, 1.54) is 0 Å². The standard InChI is InChI=1S/C30H34N4O4/c1-16(2)20-7-9-21(10-8-20)28(27-19(5)13-25(35)34-30(27)38)32-24-14-22(29(37)33-24)15-26(36)31-23-11-6-17(3)12-18(23)4/h6-12,16,22,28H,13-15H2,1-5H3,(H,31,36)(H,32,33,37)(H,34,35,38). The van der Waals surface area contributed by atoms with E-state index in [4.69, 9.17) is 4.99 Å². The van der Waals surface area contributed by atoms with Crippen LogP contribution in [0.4, 0.5) is 5.69 Å². The van der Waals surface area contributed by atoms with Gasteiger partial charge in [0.15, 0.2) is 0 Å². The number of rotatable bonds is 7. The van der Waals surface area contributed by atoms with Crippen LogP contribution in [0.3, 0.4) is 0 Å². The Morgan fingerprint density at radius 2 is 1.68 bits per heavy atom.